The highest BCUT2D eigenvalue weighted by Crippen LogP contribution is 2.51. The fourth-order valence-corrected chi connectivity index (χ4v) is 4.22. The second-order valence-corrected chi connectivity index (χ2v) is 7.81. The third-order valence-electron chi connectivity index (χ3n) is 5.80. The molecular weight excluding hydrogens is 304 g/mol. The molecule has 2 bridgehead atoms. The van der Waals surface area contributed by atoms with E-state index in [1.165, 1.54) is 0 Å². The molecule has 0 aromatic rings. The van der Waals surface area contributed by atoms with E-state index in [4.69, 9.17) is 14.2 Å². The van der Waals surface area contributed by atoms with Crippen molar-refractivity contribution >= 4 is 0 Å². The zero-order chi connectivity index (χ0) is 17.0. The maximum absolute atomic E-state index is 10.1. The Morgan fingerprint density at radius 3 is 2.35 bits per heavy atom. The summed E-state index contributed by atoms with van der Waals surface area (Å²) in [7, 11) is 0. The van der Waals surface area contributed by atoms with E-state index in [0.717, 1.165) is 19.3 Å². The molecule has 134 valence electrons. The first-order valence-electron chi connectivity index (χ1n) is 8.34. The first-order valence-corrected chi connectivity index (χ1v) is 8.34. The van der Waals surface area contributed by atoms with Crippen LogP contribution in [0.5, 0.6) is 0 Å². The molecule has 0 unspecified atom stereocenters. The van der Waals surface area contributed by atoms with Gasteiger partial charge in [0.1, 0.15) is 24.4 Å². The van der Waals surface area contributed by atoms with Gasteiger partial charge in [-0.1, -0.05) is 0 Å². The summed E-state index contributed by atoms with van der Waals surface area (Å²) in [4.78, 5) is 0. The molecule has 3 saturated heterocycles. The first-order chi connectivity index (χ1) is 10.7. The van der Waals surface area contributed by atoms with Gasteiger partial charge in [-0.3, -0.25) is 0 Å². The number of rotatable bonds is 3. The number of aliphatic hydroxyl groups is 4. The lowest BCUT2D eigenvalue weighted by Gasteiger charge is -2.58. The molecule has 23 heavy (non-hydrogen) atoms. The number of ether oxygens (including phenoxy) is 3. The van der Waals surface area contributed by atoms with E-state index >= 15 is 0 Å². The lowest BCUT2D eigenvalue weighted by atomic mass is 9.67. The molecule has 0 amide bonds. The molecule has 4 fully saturated rings. The van der Waals surface area contributed by atoms with Crippen molar-refractivity contribution in [2.75, 3.05) is 6.61 Å². The predicted molar refractivity (Wildman–Crippen MR) is 79.6 cm³/mol. The number of aliphatic hydroxyl groups excluding tert-OH is 4. The van der Waals surface area contributed by atoms with Crippen molar-refractivity contribution in [1.82, 2.24) is 0 Å². The highest BCUT2D eigenvalue weighted by molar-refractivity contribution is 5.04. The van der Waals surface area contributed by atoms with Crippen LogP contribution in [0.15, 0.2) is 0 Å². The minimum absolute atomic E-state index is 0.206. The Labute approximate surface area is 136 Å². The first kappa shape index (κ1) is 17.5. The Balaban J connectivity index is 1.72. The van der Waals surface area contributed by atoms with Crippen LogP contribution < -0.4 is 0 Å². The molecule has 4 N–H and O–H groups in total. The smallest absolute Gasteiger partial charge is 0.187 e. The van der Waals surface area contributed by atoms with Crippen LogP contribution in [-0.4, -0.2) is 75.0 Å². The van der Waals surface area contributed by atoms with Gasteiger partial charge in [0.05, 0.1) is 23.9 Å². The fraction of sp³-hybridized carbons (Fsp3) is 1.00. The Morgan fingerprint density at radius 2 is 1.78 bits per heavy atom. The van der Waals surface area contributed by atoms with E-state index in [0.29, 0.717) is 5.92 Å². The van der Waals surface area contributed by atoms with Crippen molar-refractivity contribution in [3.63, 3.8) is 0 Å². The lowest BCUT2D eigenvalue weighted by molar-refractivity contribution is -0.353. The molecule has 1 saturated carbocycles. The highest BCUT2D eigenvalue weighted by atomic mass is 16.7. The molecule has 0 radical (unpaired) electrons. The molecule has 8 atom stereocenters. The van der Waals surface area contributed by atoms with Crippen molar-refractivity contribution < 1.29 is 34.6 Å². The summed E-state index contributed by atoms with van der Waals surface area (Å²) >= 11 is 0. The van der Waals surface area contributed by atoms with Gasteiger partial charge >= 0.3 is 0 Å². The summed E-state index contributed by atoms with van der Waals surface area (Å²) in [6, 6.07) is 0. The van der Waals surface area contributed by atoms with Gasteiger partial charge in [-0.05, 0) is 46.0 Å². The topological polar surface area (TPSA) is 109 Å². The Kier molecular flexibility index (Phi) is 4.51. The number of fused-ring (bicyclic) bond motifs is 3. The molecule has 1 aliphatic carbocycles. The summed E-state index contributed by atoms with van der Waals surface area (Å²) in [6.07, 6.45) is -3.76. The second kappa shape index (κ2) is 5.91. The van der Waals surface area contributed by atoms with Crippen LogP contribution in [-0.2, 0) is 14.2 Å². The second-order valence-electron chi connectivity index (χ2n) is 7.81. The molecular formula is C16H28O7. The van der Waals surface area contributed by atoms with Gasteiger partial charge in [-0.25, -0.2) is 0 Å². The molecule has 3 heterocycles. The molecule has 0 spiro atoms. The summed E-state index contributed by atoms with van der Waals surface area (Å²) in [5.74, 6) is 0.360. The molecule has 7 nitrogen and oxygen atoms in total. The molecule has 0 aromatic heterocycles. The van der Waals surface area contributed by atoms with E-state index in [-0.39, 0.29) is 11.7 Å². The van der Waals surface area contributed by atoms with Gasteiger partial charge in [-0.2, -0.15) is 0 Å². The summed E-state index contributed by atoms with van der Waals surface area (Å²) in [5, 5.41) is 39.1. The summed E-state index contributed by atoms with van der Waals surface area (Å²) in [5.41, 5.74) is -0.681. The van der Waals surface area contributed by atoms with E-state index in [1.54, 1.807) is 0 Å². The van der Waals surface area contributed by atoms with Gasteiger partial charge in [0, 0.05) is 0 Å². The molecule has 4 aliphatic rings. The van der Waals surface area contributed by atoms with Crippen molar-refractivity contribution in [3.8, 4) is 0 Å². The maximum atomic E-state index is 10.1. The van der Waals surface area contributed by atoms with Gasteiger partial charge in [-0.15, -0.1) is 0 Å². The van der Waals surface area contributed by atoms with Gasteiger partial charge in [0.25, 0.3) is 0 Å². The van der Waals surface area contributed by atoms with Crippen LogP contribution >= 0.6 is 0 Å². The normalized spacial score (nSPS) is 52.6. The van der Waals surface area contributed by atoms with Crippen molar-refractivity contribution in [2.45, 2.75) is 88.0 Å². The van der Waals surface area contributed by atoms with Crippen LogP contribution in [0.25, 0.3) is 0 Å². The number of hydrogen-bond donors (Lipinski definition) is 4. The van der Waals surface area contributed by atoms with Crippen LogP contribution in [0.1, 0.15) is 40.0 Å². The summed E-state index contributed by atoms with van der Waals surface area (Å²) in [6.45, 7) is 5.70. The van der Waals surface area contributed by atoms with Gasteiger partial charge in [0.2, 0.25) is 0 Å². The third kappa shape index (κ3) is 2.93. The van der Waals surface area contributed by atoms with Crippen LogP contribution in [0.3, 0.4) is 0 Å². The van der Waals surface area contributed by atoms with Crippen molar-refractivity contribution in [3.05, 3.63) is 0 Å². The highest BCUT2D eigenvalue weighted by Gasteiger charge is 2.56. The predicted octanol–water partition coefficient (Wildman–Crippen LogP) is -0.461. The van der Waals surface area contributed by atoms with Crippen molar-refractivity contribution in [1.29, 1.82) is 0 Å². The standard InChI is InChI=1S/C16H28O7/c1-15(2)8-4-5-16(3,23-15)10(6-8)22-14-13(20)12(19)11(18)9(7-17)21-14/h8-14,17-20H,4-7H2,1-3H3/t8-,9+,10-,11+,12-,13+,14+,16+/m1/s1. The van der Waals surface area contributed by atoms with Crippen LogP contribution in [0.4, 0.5) is 0 Å². The molecule has 3 aliphatic heterocycles. The Morgan fingerprint density at radius 1 is 1.09 bits per heavy atom. The largest absolute Gasteiger partial charge is 0.394 e. The lowest BCUT2D eigenvalue weighted by Crippen LogP contribution is -2.65. The van der Waals surface area contributed by atoms with E-state index in [1.807, 2.05) is 6.92 Å². The van der Waals surface area contributed by atoms with Crippen molar-refractivity contribution in [2.24, 2.45) is 5.92 Å². The Hall–Kier alpha value is -0.280. The zero-order valence-electron chi connectivity index (χ0n) is 13.9. The summed E-state index contributed by atoms with van der Waals surface area (Å²) < 4.78 is 17.6. The SMILES string of the molecule is CC1(C)O[C@@]2(C)CC[C@@H]1C[C@H]2O[C@@H]1O[C@@H](CO)[C@H](O)[C@@H](O)[C@@H]1O. The Bertz CT molecular complexity index is 440. The van der Waals surface area contributed by atoms with E-state index in [9.17, 15) is 20.4 Å². The fourth-order valence-electron chi connectivity index (χ4n) is 4.22. The van der Waals surface area contributed by atoms with Gasteiger partial charge in [0.15, 0.2) is 6.29 Å². The minimum atomic E-state index is -1.42. The molecule has 7 heteroatoms. The molecule has 0 aromatic carbocycles. The monoisotopic (exact) mass is 332 g/mol. The van der Waals surface area contributed by atoms with E-state index < -0.39 is 42.9 Å². The third-order valence-corrected chi connectivity index (χ3v) is 5.80. The molecule has 4 rings (SSSR count). The zero-order valence-corrected chi connectivity index (χ0v) is 13.9. The van der Waals surface area contributed by atoms with Crippen LogP contribution in [0.2, 0.25) is 0 Å². The van der Waals surface area contributed by atoms with Gasteiger partial charge < -0.3 is 34.6 Å². The minimum Gasteiger partial charge on any atom is -0.394 e. The quantitative estimate of drug-likeness (QED) is 0.554. The average molecular weight is 332 g/mol. The maximum Gasteiger partial charge on any atom is 0.187 e. The van der Waals surface area contributed by atoms with E-state index in [2.05, 4.69) is 13.8 Å². The average Bonchev–Trinajstić information content (AvgIpc) is 2.48. The number of hydrogen-bond acceptors (Lipinski definition) is 7. The van der Waals surface area contributed by atoms with Crippen LogP contribution in [0, 0.1) is 5.92 Å².